The maximum absolute atomic E-state index is 9.29. The van der Waals surface area contributed by atoms with Crippen LogP contribution in [0.1, 0.15) is 36.9 Å². The van der Waals surface area contributed by atoms with Gasteiger partial charge in [0.2, 0.25) is 0 Å². The van der Waals surface area contributed by atoms with Gasteiger partial charge in [-0.05, 0) is 59.5 Å². The van der Waals surface area contributed by atoms with Gasteiger partial charge in [0.1, 0.15) is 17.6 Å². The quantitative estimate of drug-likeness (QED) is 0.514. The standard InChI is InChI=1S/C30H10O3.22H2/c1-3-4-5-6-7-8-9-10-11-12-13-14-15-16-17-18-19-20-21-22-25-33-30-26-29(32-2)24-23-28(30)27-31;;;;;;;;;;;;;;;;;;;;;;/h1,23-24,26,31H,27H2,2H3;22*1H. The third-order valence-corrected chi connectivity index (χ3v) is 2.85. The molecule has 0 spiro atoms. The summed E-state index contributed by atoms with van der Waals surface area (Å²) < 4.78 is 10.4. The van der Waals surface area contributed by atoms with Crippen LogP contribution in [0.15, 0.2) is 18.2 Å². The lowest BCUT2D eigenvalue weighted by Crippen LogP contribution is -1.93. The lowest BCUT2D eigenvalue weighted by atomic mass is 10.2. The number of aliphatic hydroxyl groups excluding tert-OH is 1. The van der Waals surface area contributed by atoms with Crippen molar-refractivity contribution >= 4 is 0 Å². The fourth-order valence-electron chi connectivity index (χ4n) is 1.56. The lowest BCUT2D eigenvalue weighted by Gasteiger charge is -2.06. The first-order valence-electron chi connectivity index (χ1n) is 8.72. The molecule has 1 aromatic rings. The van der Waals surface area contributed by atoms with Crippen LogP contribution in [0.2, 0.25) is 0 Å². The highest BCUT2D eigenvalue weighted by atomic mass is 16.5. The molecule has 0 aliphatic heterocycles. The van der Waals surface area contributed by atoms with Crippen LogP contribution in [0.4, 0.5) is 0 Å². The minimum atomic E-state index is -0.186. The van der Waals surface area contributed by atoms with Gasteiger partial charge in [-0.15, -0.1) is 6.42 Å². The maximum atomic E-state index is 9.29. The van der Waals surface area contributed by atoms with Crippen molar-refractivity contribution in [2.24, 2.45) is 0 Å². The van der Waals surface area contributed by atoms with Crippen LogP contribution in [-0.2, 0) is 6.61 Å². The molecule has 0 fully saturated rings. The smallest absolute Gasteiger partial charge is 0.149 e. The van der Waals surface area contributed by atoms with E-state index in [9.17, 15) is 5.11 Å². The highest BCUT2D eigenvalue weighted by Gasteiger charge is 2.04. The molecule has 0 bridgehead atoms. The van der Waals surface area contributed by atoms with Gasteiger partial charge in [0, 0.05) is 114 Å². The number of rotatable bonds is 3. The molecule has 1 rings (SSSR count). The van der Waals surface area contributed by atoms with E-state index in [4.69, 9.17) is 15.9 Å². The minimum absolute atomic E-state index is 0. The van der Waals surface area contributed by atoms with Crippen molar-refractivity contribution in [2.45, 2.75) is 6.61 Å². The number of ether oxygens (including phenoxy) is 2. The average molecular weight is 463 g/mol. The van der Waals surface area contributed by atoms with Gasteiger partial charge in [0.25, 0.3) is 0 Å². The number of hydrogen-bond acceptors (Lipinski definition) is 3. The van der Waals surface area contributed by atoms with Gasteiger partial charge in [-0.3, -0.25) is 0 Å². The van der Waals surface area contributed by atoms with Crippen molar-refractivity contribution in [3.8, 4) is 142 Å². The van der Waals surface area contributed by atoms with Gasteiger partial charge in [-0.1, -0.05) is 0 Å². The van der Waals surface area contributed by atoms with E-state index in [1.807, 2.05) is 0 Å². The molecular formula is C30H54O3. The molecule has 192 valence electrons. The minimum Gasteiger partial charge on any atom is -0.497 e. The van der Waals surface area contributed by atoms with Crippen molar-refractivity contribution in [2.75, 3.05) is 7.11 Å². The number of aliphatic hydroxyl groups is 1. The van der Waals surface area contributed by atoms with Crippen LogP contribution in [0, 0.1) is 131 Å². The molecule has 3 heteroatoms. The normalized spacial score (nSPS) is 5.97. The zero-order valence-electron chi connectivity index (χ0n) is 17.3. The molecule has 0 aliphatic carbocycles. The Labute approximate surface area is 227 Å². The molecule has 0 atom stereocenters. The molecule has 0 amide bonds. The molecule has 1 aromatic carbocycles. The van der Waals surface area contributed by atoms with Crippen molar-refractivity contribution in [3.63, 3.8) is 0 Å². The Morgan fingerprint density at radius 2 is 1.12 bits per heavy atom. The maximum Gasteiger partial charge on any atom is 0.149 e. The van der Waals surface area contributed by atoms with E-state index in [1.165, 1.54) is 7.11 Å². The van der Waals surface area contributed by atoms with Gasteiger partial charge >= 0.3 is 0 Å². The molecule has 0 saturated heterocycles. The molecule has 0 saturated carbocycles. The SMILES string of the molecule is C#CC#CC#CC#CC#CC#CC#CC#CC#CC#CC#COc1cc(OC)ccc1CO.[HH].[HH].[HH].[HH].[HH].[HH].[HH].[HH].[HH].[HH].[HH].[HH].[HH].[HH].[HH].[HH].[HH].[HH].[HH].[HH].[HH].[HH]. The fourth-order valence-corrected chi connectivity index (χ4v) is 1.56. The van der Waals surface area contributed by atoms with E-state index >= 15 is 0 Å². The van der Waals surface area contributed by atoms with Crippen LogP contribution < -0.4 is 9.47 Å². The Hall–Kier alpha value is -6.06. The first kappa shape index (κ1) is 25.0. The van der Waals surface area contributed by atoms with E-state index in [0.29, 0.717) is 17.1 Å². The molecule has 3 nitrogen and oxygen atoms in total. The molecule has 33 heavy (non-hydrogen) atoms. The monoisotopic (exact) mass is 462 g/mol. The van der Waals surface area contributed by atoms with Crippen LogP contribution in [-0.4, -0.2) is 12.2 Å². The number of hydrogen-bond donors (Lipinski definition) is 1. The second-order valence-corrected chi connectivity index (χ2v) is 4.86. The van der Waals surface area contributed by atoms with Crippen LogP contribution in [0.5, 0.6) is 11.5 Å². The summed E-state index contributed by atoms with van der Waals surface area (Å²) in [6.07, 6.45) is 7.34. The summed E-state index contributed by atoms with van der Waals surface area (Å²) in [4.78, 5) is 0. The third-order valence-electron chi connectivity index (χ3n) is 2.85. The van der Waals surface area contributed by atoms with Crippen LogP contribution in [0.3, 0.4) is 0 Å². The Kier molecular flexibility index (Phi) is 13.6. The number of methoxy groups -OCH3 is 1. The predicted molar refractivity (Wildman–Crippen MR) is 173 cm³/mol. The predicted octanol–water partition coefficient (Wildman–Crippen LogP) is 6.60. The summed E-state index contributed by atoms with van der Waals surface area (Å²) in [5.41, 5.74) is 0.577. The first-order valence-corrected chi connectivity index (χ1v) is 8.72. The third kappa shape index (κ3) is 12.9. The molecule has 0 unspecified atom stereocenters. The van der Waals surface area contributed by atoms with Crippen molar-refractivity contribution in [3.05, 3.63) is 23.8 Å². The molecular weight excluding hydrogens is 408 g/mol. The summed E-state index contributed by atoms with van der Waals surface area (Å²) in [7, 11) is 1.53. The Morgan fingerprint density at radius 1 is 0.697 bits per heavy atom. The van der Waals surface area contributed by atoms with E-state index in [0.717, 1.165) is 0 Å². The Bertz CT molecular complexity index is 1620. The lowest BCUT2D eigenvalue weighted by molar-refractivity contribution is 0.277. The van der Waals surface area contributed by atoms with Gasteiger partial charge in [0.05, 0.1) is 13.7 Å². The van der Waals surface area contributed by atoms with E-state index in [-0.39, 0.29) is 38.0 Å². The molecule has 0 aliphatic rings. The van der Waals surface area contributed by atoms with Gasteiger partial charge < -0.3 is 14.6 Å². The molecule has 0 aromatic heterocycles. The van der Waals surface area contributed by atoms with Crippen molar-refractivity contribution in [1.82, 2.24) is 0 Å². The molecule has 1 N–H and O–H groups in total. The summed E-state index contributed by atoms with van der Waals surface area (Å²) in [6.45, 7) is -0.186. The Balaban J connectivity index is -0.0000000247. The summed E-state index contributed by atoms with van der Waals surface area (Å²) in [5.74, 6) is 50.1. The molecule has 0 radical (unpaired) electrons. The highest BCUT2D eigenvalue weighted by Crippen LogP contribution is 2.24. The van der Waals surface area contributed by atoms with E-state index in [2.05, 4.69) is 125 Å². The summed E-state index contributed by atoms with van der Waals surface area (Å²) in [6, 6.07) is 5.01. The zero-order chi connectivity index (χ0) is 23.8. The van der Waals surface area contributed by atoms with Gasteiger partial charge in [-0.2, -0.15) is 0 Å². The van der Waals surface area contributed by atoms with Crippen LogP contribution in [0.25, 0.3) is 0 Å². The number of benzene rings is 1. The average Bonchev–Trinajstić information content (AvgIpc) is 2.84. The van der Waals surface area contributed by atoms with Gasteiger partial charge in [0.15, 0.2) is 0 Å². The largest absolute Gasteiger partial charge is 0.497 e. The fraction of sp³-hybridized carbons (Fsp3) is 0.0667. The van der Waals surface area contributed by atoms with Gasteiger partial charge in [-0.25, -0.2) is 0 Å². The second kappa shape index (κ2) is 18.0. The topological polar surface area (TPSA) is 38.7 Å². The Morgan fingerprint density at radius 3 is 1.52 bits per heavy atom. The number of terminal acetylenes is 1. The van der Waals surface area contributed by atoms with E-state index < -0.39 is 0 Å². The molecule has 0 heterocycles. The summed E-state index contributed by atoms with van der Waals surface area (Å²) >= 11 is 0. The first-order chi connectivity index (χ1) is 16.3. The second-order valence-electron chi connectivity index (χ2n) is 4.86. The van der Waals surface area contributed by atoms with E-state index in [1.54, 1.807) is 18.2 Å². The van der Waals surface area contributed by atoms with Crippen molar-refractivity contribution < 1.29 is 46.0 Å². The van der Waals surface area contributed by atoms with Crippen molar-refractivity contribution in [1.29, 1.82) is 0 Å². The summed E-state index contributed by atoms with van der Waals surface area (Å²) in [5, 5.41) is 9.29. The highest BCUT2D eigenvalue weighted by molar-refractivity contribution is 5.47. The zero-order valence-corrected chi connectivity index (χ0v) is 17.3. The van der Waals surface area contributed by atoms with Crippen LogP contribution >= 0.6 is 0 Å².